The number of hydrogen-bond donors (Lipinski definition) is 0. The van der Waals surface area contributed by atoms with Crippen molar-refractivity contribution in [3.05, 3.63) is 35.9 Å². The zero-order valence-corrected chi connectivity index (χ0v) is 12.5. The highest BCUT2D eigenvalue weighted by Gasteiger charge is 2.20. The van der Waals surface area contributed by atoms with Gasteiger partial charge in [-0.2, -0.15) is 0 Å². The van der Waals surface area contributed by atoms with E-state index in [1.807, 2.05) is 37.3 Å². The number of carbonyl (C=O) groups excluding carboxylic acids is 1. The van der Waals surface area contributed by atoms with Gasteiger partial charge in [0.15, 0.2) is 0 Å². The van der Waals surface area contributed by atoms with Crippen LogP contribution in [0, 0.1) is 0 Å². The fraction of sp³-hybridized carbons (Fsp3) is 0.500. The Morgan fingerprint density at radius 2 is 1.85 bits per heavy atom. The average molecular weight is 299 g/mol. The molecule has 5 nitrogen and oxygen atoms in total. The molecule has 1 atom stereocenters. The van der Waals surface area contributed by atoms with Crippen molar-refractivity contribution in [2.45, 2.75) is 32.8 Å². The Morgan fingerprint density at radius 1 is 1.15 bits per heavy atom. The molecule has 0 saturated heterocycles. The smallest absolute Gasteiger partial charge is 0.461 e. The van der Waals surface area contributed by atoms with Crippen LogP contribution < -0.4 is 0 Å². The van der Waals surface area contributed by atoms with E-state index < -0.39 is 8.25 Å². The Bertz CT molecular complexity index is 407. The SMILES string of the molecule is CCCCO[P+](=O)OCCC(=O)OCc1ccccc1. The molecule has 0 saturated carbocycles. The van der Waals surface area contributed by atoms with Crippen LogP contribution in [0.4, 0.5) is 0 Å². The molecular weight excluding hydrogens is 279 g/mol. The molecule has 0 N–H and O–H groups in total. The van der Waals surface area contributed by atoms with Crippen LogP contribution in [-0.4, -0.2) is 19.2 Å². The van der Waals surface area contributed by atoms with Crippen LogP contribution in [0.2, 0.25) is 0 Å². The first-order valence-electron chi connectivity index (χ1n) is 6.65. The number of unbranched alkanes of at least 4 members (excludes halogenated alkanes) is 1. The van der Waals surface area contributed by atoms with Gasteiger partial charge in [0.05, 0.1) is 6.42 Å². The van der Waals surface area contributed by atoms with Gasteiger partial charge in [-0.3, -0.25) is 4.79 Å². The first kappa shape index (κ1) is 16.8. The van der Waals surface area contributed by atoms with Crippen molar-refractivity contribution in [1.29, 1.82) is 0 Å². The molecule has 0 fully saturated rings. The molecule has 0 amide bonds. The standard InChI is InChI=1S/C14H20O5P/c1-2-3-10-18-20(16)19-11-9-14(15)17-12-13-7-5-4-6-8-13/h4-8H,2-3,9-12H2,1H3/q+1. The minimum Gasteiger partial charge on any atom is -0.461 e. The van der Waals surface area contributed by atoms with Gasteiger partial charge in [-0.15, -0.1) is 9.05 Å². The molecule has 0 aromatic heterocycles. The quantitative estimate of drug-likeness (QED) is 0.375. The van der Waals surface area contributed by atoms with Gasteiger partial charge in [0.25, 0.3) is 0 Å². The van der Waals surface area contributed by atoms with Gasteiger partial charge in [0.2, 0.25) is 0 Å². The maximum Gasteiger partial charge on any atom is 0.697 e. The maximum atomic E-state index is 11.4. The first-order chi connectivity index (χ1) is 9.72. The zero-order chi connectivity index (χ0) is 14.6. The summed E-state index contributed by atoms with van der Waals surface area (Å²) in [5.74, 6) is -0.384. The Labute approximate surface area is 120 Å². The van der Waals surface area contributed by atoms with Crippen LogP contribution in [0.1, 0.15) is 31.7 Å². The normalized spacial score (nSPS) is 11.2. The molecule has 0 aliphatic carbocycles. The first-order valence-corrected chi connectivity index (χ1v) is 7.74. The van der Waals surface area contributed by atoms with E-state index in [1.165, 1.54) is 0 Å². The molecule has 0 spiro atoms. The van der Waals surface area contributed by atoms with Crippen molar-refractivity contribution >= 4 is 14.2 Å². The van der Waals surface area contributed by atoms with Crippen molar-refractivity contribution in [3.63, 3.8) is 0 Å². The maximum absolute atomic E-state index is 11.4. The van der Waals surface area contributed by atoms with Crippen LogP contribution in [-0.2, 0) is 29.8 Å². The van der Waals surface area contributed by atoms with E-state index in [0.717, 1.165) is 18.4 Å². The predicted octanol–water partition coefficient (Wildman–Crippen LogP) is 3.61. The van der Waals surface area contributed by atoms with Crippen LogP contribution in [0.15, 0.2) is 30.3 Å². The third kappa shape index (κ3) is 8.00. The van der Waals surface area contributed by atoms with Crippen molar-refractivity contribution < 1.29 is 23.1 Å². The summed E-state index contributed by atoms with van der Waals surface area (Å²) in [5, 5.41) is 0. The number of esters is 1. The van der Waals surface area contributed by atoms with Gasteiger partial charge in [-0.1, -0.05) is 43.7 Å². The van der Waals surface area contributed by atoms with E-state index >= 15 is 0 Å². The lowest BCUT2D eigenvalue weighted by Gasteiger charge is -2.03. The van der Waals surface area contributed by atoms with Gasteiger partial charge in [-0.25, -0.2) is 0 Å². The molecular formula is C14H20O5P+. The largest absolute Gasteiger partial charge is 0.697 e. The van der Waals surface area contributed by atoms with Crippen molar-refractivity contribution in [2.24, 2.45) is 0 Å². The third-order valence-corrected chi connectivity index (χ3v) is 3.23. The molecule has 0 heterocycles. The highest BCUT2D eigenvalue weighted by Crippen LogP contribution is 2.24. The van der Waals surface area contributed by atoms with E-state index in [4.69, 9.17) is 13.8 Å². The summed E-state index contributed by atoms with van der Waals surface area (Å²) in [5.41, 5.74) is 0.927. The summed E-state index contributed by atoms with van der Waals surface area (Å²) in [6.45, 7) is 2.69. The fourth-order valence-electron chi connectivity index (χ4n) is 1.33. The minimum absolute atomic E-state index is 0.0367. The summed E-state index contributed by atoms with van der Waals surface area (Å²) >= 11 is 0. The summed E-state index contributed by atoms with van der Waals surface area (Å²) in [7, 11) is -2.13. The highest BCUT2D eigenvalue weighted by atomic mass is 31.1. The Hall–Kier alpha value is -1.29. The second-order valence-electron chi connectivity index (χ2n) is 4.14. The monoisotopic (exact) mass is 299 g/mol. The summed E-state index contributed by atoms with van der Waals surface area (Å²) in [6, 6.07) is 9.41. The predicted molar refractivity (Wildman–Crippen MR) is 75.3 cm³/mol. The van der Waals surface area contributed by atoms with Gasteiger partial charge >= 0.3 is 14.2 Å². The minimum atomic E-state index is -2.13. The highest BCUT2D eigenvalue weighted by molar-refractivity contribution is 7.33. The van der Waals surface area contributed by atoms with E-state index in [0.29, 0.717) is 6.61 Å². The molecule has 0 aliphatic heterocycles. The van der Waals surface area contributed by atoms with Gasteiger partial charge in [0, 0.05) is 4.57 Å². The number of hydrogen-bond acceptors (Lipinski definition) is 5. The second-order valence-corrected chi connectivity index (χ2v) is 5.10. The zero-order valence-electron chi connectivity index (χ0n) is 11.6. The lowest BCUT2D eigenvalue weighted by molar-refractivity contribution is -0.145. The summed E-state index contributed by atoms with van der Waals surface area (Å²) < 4.78 is 26.1. The lowest BCUT2D eigenvalue weighted by atomic mass is 10.2. The van der Waals surface area contributed by atoms with Crippen LogP contribution in [0.25, 0.3) is 0 Å². The summed E-state index contributed by atoms with van der Waals surface area (Å²) in [4.78, 5) is 11.4. The average Bonchev–Trinajstić information content (AvgIpc) is 2.46. The van der Waals surface area contributed by atoms with Crippen LogP contribution in [0.5, 0.6) is 0 Å². The fourth-order valence-corrected chi connectivity index (χ4v) is 1.93. The van der Waals surface area contributed by atoms with Crippen molar-refractivity contribution in [2.75, 3.05) is 13.2 Å². The number of carbonyl (C=O) groups is 1. The third-order valence-electron chi connectivity index (χ3n) is 2.44. The topological polar surface area (TPSA) is 61.8 Å². The van der Waals surface area contributed by atoms with Gasteiger partial charge < -0.3 is 4.74 Å². The number of ether oxygens (including phenoxy) is 1. The lowest BCUT2D eigenvalue weighted by Crippen LogP contribution is -2.07. The molecule has 0 aliphatic rings. The molecule has 1 aromatic carbocycles. The van der Waals surface area contributed by atoms with Crippen molar-refractivity contribution in [1.82, 2.24) is 0 Å². The number of benzene rings is 1. The van der Waals surface area contributed by atoms with Crippen molar-refractivity contribution in [3.8, 4) is 0 Å². The molecule has 1 aromatic rings. The molecule has 110 valence electrons. The molecule has 0 radical (unpaired) electrons. The second kappa shape index (κ2) is 10.5. The molecule has 0 bridgehead atoms. The molecule has 6 heteroatoms. The van der Waals surface area contributed by atoms with Crippen LogP contribution in [0.3, 0.4) is 0 Å². The van der Waals surface area contributed by atoms with E-state index in [-0.39, 0.29) is 25.6 Å². The van der Waals surface area contributed by atoms with Gasteiger partial charge in [0.1, 0.15) is 19.8 Å². The van der Waals surface area contributed by atoms with Crippen LogP contribution >= 0.6 is 8.25 Å². The van der Waals surface area contributed by atoms with E-state index in [9.17, 15) is 9.36 Å². The number of rotatable bonds is 10. The van der Waals surface area contributed by atoms with E-state index in [1.54, 1.807) is 0 Å². The Morgan fingerprint density at radius 3 is 2.55 bits per heavy atom. The molecule has 1 unspecified atom stereocenters. The van der Waals surface area contributed by atoms with Gasteiger partial charge in [-0.05, 0) is 12.0 Å². The molecule has 1 rings (SSSR count). The summed E-state index contributed by atoms with van der Waals surface area (Å²) in [6.07, 6.45) is 1.86. The van der Waals surface area contributed by atoms with E-state index in [2.05, 4.69) is 0 Å². The Kier molecular flexibility index (Phi) is 8.79. The molecule has 20 heavy (non-hydrogen) atoms. The Balaban J connectivity index is 2.07.